The van der Waals surface area contributed by atoms with E-state index in [0.717, 1.165) is 115 Å². The molecule has 0 rings (SSSR count). The fourth-order valence-electron chi connectivity index (χ4n) is 11.1. The quantitative estimate of drug-likeness (QED) is 0.0222. The summed E-state index contributed by atoms with van der Waals surface area (Å²) in [5.74, 6) is 0.895. The van der Waals surface area contributed by atoms with Gasteiger partial charge in [0.25, 0.3) is 0 Å². The first-order valence-electron chi connectivity index (χ1n) is 38.3. The van der Waals surface area contributed by atoms with Gasteiger partial charge >= 0.3 is 39.5 Å². The number of esters is 4. The number of aliphatic hydroxyl groups excluding tert-OH is 1. The highest BCUT2D eigenvalue weighted by Crippen LogP contribution is 2.45. The van der Waals surface area contributed by atoms with Gasteiger partial charge in [-0.15, -0.1) is 0 Å². The molecule has 0 aliphatic rings. The zero-order chi connectivity index (χ0) is 68.9. The molecular weight excluding hydrogens is 1220 g/mol. The van der Waals surface area contributed by atoms with E-state index in [9.17, 15) is 43.2 Å². The standard InChI is InChI=1S/C74H144O17P2/c1-9-66(7)52-44-36-27-21-19-17-15-13-11-12-14-16-18-20-22-29-40-48-56-73(78)90-70(61-85-72(77)55-47-39-33-32-35-43-51-65(5)6)63-89-93(82,83)87-59-68(75)58-86-92(80,81)88-62-69(60-84-71(76)54-46-38-31-25-26-34-42-50-64(3)4)91-74(79)57-49-41-30-24-23-28-37-45-53-67(8)10-2/h64-70,75H,9-63H2,1-8H3,(H,80,81)(H,82,83)/t66?,67?,68-,69-,70-/m1/s1. The molecule has 0 bridgehead atoms. The van der Waals surface area contributed by atoms with Crippen molar-refractivity contribution in [3.63, 3.8) is 0 Å². The van der Waals surface area contributed by atoms with Gasteiger partial charge in [-0.25, -0.2) is 9.13 Å². The number of phosphoric ester groups is 2. The number of hydrogen-bond donors (Lipinski definition) is 3. The second-order valence-electron chi connectivity index (χ2n) is 28.1. The molecule has 4 unspecified atom stereocenters. The topological polar surface area (TPSA) is 237 Å². The van der Waals surface area contributed by atoms with Gasteiger partial charge in [0, 0.05) is 25.7 Å². The second-order valence-corrected chi connectivity index (χ2v) is 31.0. The number of unbranched alkanes of at least 4 members (excludes halogenated alkanes) is 35. The average molecular weight is 1370 g/mol. The van der Waals surface area contributed by atoms with E-state index in [1.54, 1.807) is 0 Å². The van der Waals surface area contributed by atoms with E-state index in [2.05, 4.69) is 55.4 Å². The Morgan fingerprint density at radius 3 is 0.763 bits per heavy atom. The summed E-state index contributed by atoms with van der Waals surface area (Å²) in [6, 6.07) is 0. The molecule has 7 atom stereocenters. The van der Waals surface area contributed by atoms with Gasteiger partial charge in [0.2, 0.25) is 0 Å². The predicted octanol–water partition coefficient (Wildman–Crippen LogP) is 21.3. The number of hydrogen-bond acceptors (Lipinski definition) is 15. The van der Waals surface area contributed by atoms with Crippen LogP contribution in [-0.4, -0.2) is 96.7 Å². The molecule has 17 nitrogen and oxygen atoms in total. The fraction of sp³-hybridized carbons (Fsp3) is 0.946. The van der Waals surface area contributed by atoms with Crippen molar-refractivity contribution < 1.29 is 80.2 Å². The number of ether oxygens (including phenoxy) is 4. The molecule has 552 valence electrons. The zero-order valence-corrected chi connectivity index (χ0v) is 62.7. The Morgan fingerprint density at radius 1 is 0.301 bits per heavy atom. The summed E-state index contributed by atoms with van der Waals surface area (Å²) in [4.78, 5) is 72.6. The van der Waals surface area contributed by atoms with Gasteiger partial charge < -0.3 is 33.8 Å². The lowest BCUT2D eigenvalue weighted by Gasteiger charge is -2.21. The average Bonchev–Trinajstić information content (AvgIpc) is 2.37. The van der Waals surface area contributed by atoms with Gasteiger partial charge in [0.05, 0.1) is 26.4 Å². The second kappa shape index (κ2) is 63.5. The monoisotopic (exact) mass is 1370 g/mol. The van der Waals surface area contributed by atoms with Crippen molar-refractivity contribution in [2.24, 2.45) is 23.7 Å². The number of carbonyl (C=O) groups excluding carboxylic acids is 4. The molecule has 0 aromatic rings. The summed E-state index contributed by atoms with van der Waals surface area (Å²) in [5, 5.41) is 10.6. The van der Waals surface area contributed by atoms with Crippen LogP contribution < -0.4 is 0 Å². The van der Waals surface area contributed by atoms with Crippen molar-refractivity contribution in [1.82, 2.24) is 0 Å². The molecule has 3 N–H and O–H groups in total. The third kappa shape index (κ3) is 65.8. The minimum atomic E-state index is -4.95. The highest BCUT2D eigenvalue weighted by atomic mass is 31.2. The predicted molar refractivity (Wildman–Crippen MR) is 377 cm³/mol. The molecule has 0 aliphatic carbocycles. The van der Waals surface area contributed by atoms with Gasteiger partial charge in [-0.05, 0) is 49.4 Å². The summed E-state index contributed by atoms with van der Waals surface area (Å²) in [7, 11) is -9.91. The molecule has 0 fully saturated rings. The van der Waals surface area contributed by atoms with E-state index in [1.165, 1.54) is 161 Å². The highest BCUT2D eigenvalue weighted by Gasteiger charge is 2.30. The van der Waals surface area contributed by atoms with Gasteiger partial charge in [0.1, 0.15) is 19.3 Å². The molecule has 0 spiro atoms. The van der Waals surface area contributed by atoms with Crippen LogP contribution in [0.25, 0.3) is 0 Å². The zero-order valence-electron chi connectivity index (χ0n) is 60.9. The molecule has 0 amide bonds. The van der Waals surface area contributed by atoms with Crippen LogP contribution in [-0.2, 0) is 65.4 Å². The maximum absolute atomic E-state index is 13.0. The van der Waals surface area contributed by atoms with Crippen LogP contribution in [0.3, 0.4) is 0 Å². The maximum atomic E-state index is 13.0. The Kier molecular flexibility index (Phi) is 62.2. The summed E-state index contributed by atoms with van der Waals surface area (Å²) >= 11 is 0. The SMILES string of the molecule is CCC(C)CCCCCCCCCCCCCCCCCCCCC(=O)O[C@H](COC(=O)CCCCCCCCC(C)C)COP(=O)(O)OC[C@H](O)COP(=O)(O)OC[C@@H](COC(=O)CCCCCCCCCC(C)C)OC(=O)CCCCCCCCCCC(C)CC. The van der Waals surface area contributed by atoms with Crippen LogP contribution in [0.15, 0.2) is 0 Å². The van der Waals surface area contributed by atoms with Gasteiger partial charge in [-0.1, -0.05) is 319 Å². The molecular formula is C74H144O17P2. The van der Waals surface area contributed by atoms with E-state index >= 15 is 0 Å². The third-order valence-electron chi connectivity index (χ3n) is 17.8. The first-order valence-corrected chi connectivity index (χ1v) is 41.3. The van der Waals surface area contributed by atoms with E-state index in [-0.39, 0.29) is 25.7 Å². The van der Waals surface area contributed by atoms with Crippen LogP contribution in [0.2, 0.25) is 0 Å². The van der Waals surface area contributed by atoms with E-state index in [1.807, 2.05) is 0 Å². The molecule has 0 radical (unpaired) electrons. The van der Waals surface area contributed by atoms with Gasteiger partial charge in [0.15, 0.2) is 12.2 Å². The molecule has 0 heterocycles. The lowest BCUT2D eigenvalue weighted by molar-refractivity contribution is -0.161. The Morgan fingerprint density at radius 2 is 0.516 bits per heavy atom. The molecule has 93 heavy (non-hydrogen) atoms. The summed E-state index contributed by atoms with van der Waals surface area (Å²) in [6.07, 6.45) is 47.5. The van der Waals surface area contributed by atoms with Crippen molar-refractivity contribution in [2.45, 2.75) is 388 Å². The molecule has 0 aliphatic heterocycles. The van der Waals surface area contributed by atoms with E-state index in [4.69, 9.17) is 37.0 Å². The molecule has 0 saturated heterocycles. The van der Waals surface area contributed by atoms with Crippen molar-refractivity contribution in [3.05, 3.63) is 0 Å². The van der Waals surface area contributed by atoms with Crippen LogP contribution >= 0.6 is 15.6 Å². The van der Waals surface area contributed by atoms with Crippen LogP contribution in [0.5, 0.6) is 0 Å². The van der Waals surface area contributed by atoms with Gasteiger partial charge in [-0.3, -0.25) is 37.3 Å². The normalized spacial score (nSPS) is 14.8. The summed E-state index contributed by atoms with van der Waals surface area (Å²) in [6.45, 7) is 14.1. The lowest BCUT2D eigenvalue weighted by atomic mass is 9.99. The first kappa shape index (κ1) is 91.1. The number of rotatable bonds is 71. The number of carbonyl (C=O) groups is 4. The maximum Gasteiger partial charge on any atom is 0.472 e. The summed E-state index contributed by atoms with van der Waals surface area (Å²) < 4.78 is 68.3. The summed E-state index contributed by atoms with van der Waals surface area (Å²) in [5.41, 5.74) is 0. The number of phosphoric acid groups is 2. The van der Waals surface area contributed by atoms with Gasteiger partial charge in [-0.2, -0.15) is 0 Å². The van der Waals surface area contributed by atoms with Crippen molar-refractivity contribution in [1.29, 1.82) is 0 Å². The molecule has 19 heteroatoms. The number of aliphatic hydroxyl groups is 1. The molecule has 0 aromatic heterocycles. The Labute approximate surface area is 568 Å². The van der Waals surface area contributed by atoms with Crippen LogP contribution in [0.4, 0.5) is 0 Å². The Hall–Kier alpha value is -1.94. The van der Waals surface area contributed by atoms with Crippen LogP contribution in [0, 0.1) is 23.7 Å². The minimum Gasteiger partial charge on any atom is -0.462 e. The van der Waals surface area contributed by atoms with Crippen molar-refractivity contribution >= 4 is 39.5 Å². The van der Waals surface area contributed by atoms with E-state index in [0.29, 0.717) is 37.5 Å². The van der Waals surface area contributed by atoms with Crippen molar-refractivity contribution in [2.75, 3.05) is 39.6 Å². The third-order valence-corrected chi connectivity index (χ3v) is 19.7. The largest absolute Gasteiger partial charge is 0.472 e. The van der Waals surface area contributed by atoms with E-state index < -0.39 is 97.5 Å². The van der Waals surface area contributed by atoms with Crippen molar-refractivity contribution in [3.8, 4) is 0 Å². The van der Waals surface area contributed by atoms with Crippen LogP contribution in [0.1, 0.15) is 370 Å². The highest BCUT2D eigenvalue weighted by molar-refractivity contribution is 7.47. The Balaban J connectivity index is 5.14. The minimum absolute atomic E-state index is 0.104. The lowest BCUT2D eigenvalue weighted by Crippen LogP contribution is -2.30. The first-order chi connectivity index (χ1) is 44.7. The smallest absolute Gasteiger partial charge is 0.462 e. The molecule has 0 saturated carbocycles. The molecule has 0 aromatic carbocycles. The fourth-order valence-corrected chi connectivity index (χ4v) is 12.7. The Bertz CT molecular complexity index is 1840.